The van der Waals surface area contributed by atoms with Gasteiger partial charge in [0.1, 0.15) is 11.9 Å². The Morgan fingerprint density at radius 3 is 2.34 bits per heavy atom. The molecule has 0 saturated carbocycles. The maximum absolute atomic E-state index is 10.2. The van der Waals surface area contributed by atoms with Crippen molar-refractivity contribution in [2.24, 2.45) is 0 Å². The van der Waals surface area contributed by atoms with Gasteiger partial charge in [0.2, 0.25) is 0 Å². The van der Waals surface area contributed by atoms with E-state index in [-0.39, 0.29) is 0 Å². The van der Waals surface area contributed by atoms with Gasteiger partial charge in [-0.05, 0) is 41.8 Å². The fourth-order valence-electron chi connectivity index (χ4n) is 5.67. The summed E-state index contributed by atoms with van der Waals surface area (Å²) in [6.45, 7) is 7.17. The molecule has 0 spiro atoms. The third-order valence-corrected chi connectivity index (χ3v) is 7.72. The first-order valence-electron chi connectivity index (χ1n) is 13.4. The quantitative estimate of drug-likeness (QED) is 0.370. The Morgan fingerprint density at radius 2 is 1.61 bits per heavy atom. The molecule has 188 valence electrons. The largest absolute Gasteiger partial charge is 0.346 e. The molecule has 1 saturated heterocycles. The summed E-state index contributed by atoms with van der Waals surface area (Å²) in [7, 11) is 0. The molecule has 1 fully saturated rings. The Kier molecular flexibility index (Phi) is 6.64. The van der Waals surface area contributed by atoms with E-state index in [1.165, 1.54) is 22.5 Å². The van der Waals surface area contributed by atoms with E-state index in [0.717, 1.165) is 61.4 Å². The summed E-state index contributed by atoms with van der Waals surface area (Å²) < 4.78 is 2.25. The number of quaternary nitrogens is 1. The number of benzene rings is 3. The van der Waals surface area contributed by atoms with Crippen molar-refractivity contribution in [3.63, 3.8) is 0 Å². The van der Waals surface area contributed by atoms with Crippen molar-refractivity contribution in [2.45, 2.75) is 13.3 Å². The van der Waals surface area contributed by atoms with Gasteiger partial charge in [0.25, 0.3) is 0 Å². The van der Waals surface area contributed by atoms with Crippen molar-refractivity contribution in [2.75, 3.05) is 37.6 Å². The normalized spacial score (nSPS) is 14.5. The van der Waals surface area contributed by atoms with E-state index >= 15 is 0 Å². The fraction of sp³-hybridized carbons (Fsp3) is 0.212. The van der Waals surface area contributed by atoms with Crippen molar-refractivity contribution in [3.8, 4) is 6.07 Å². The molecule has 0 unspecified atom stereocenters. The van der Waals surface area contributed by atoms with Gasteiger partial charge in [0, 0.05) is 12.0 Å². The van der Waals surface area contributed by atoms with Crippen LogP contribution in [0.25, 0.3) is 22.8 Å². The Bertz CT molecular complexity index is 1640. The summed E-state index contributed by atoms with van der Waals surface area (Å²) >= 11 is 0. The van der Waals surface area contributed by atoms with Gasteiger partial charge in [0.15, 0.2) is 5.65 Å². The second-order valence-corrected chi connectivity index (χ2v) is 10.1. The summed E-state index contributed by atoms with van der Waals surface area (Å²) in [5, 5.41) is 10.2. The van der Waals surface area contributed by atoms with Crippen molar-refractivity contribution < 1.29 is 4.90 Å². The molecule has 1 aliphatic heterocycles. The third-order valence-electron chi connectivity index (χ3n) is 7.72. The summed E-state index contributed by atoms with van der Waals surface area (Å²) in [5.41, 5.74) is 8.18. The molecular formula is C33H32N5+. The Balaban J connectivity index is 1.37. The highest BCUT2D eigenvalue weighted by Gasteiger charge is 2.28. The molecule has 38 heavy (non-hydrogen) atoms. The first-order chi connectivity index (χ1) is 18.7. The average molecular weight is 499 g/mol. The van der Waals surface area contributed by atoms with Crippen LogP contribution in [0.3, 0.4) is 0 Å². The monoisotopic (exact) mass is 498 g/mol. The summed E-state index contributed by atoms with van der Waals surface area (Å²) in [5.74, 6) is 1.19. The summed E-state index contributed by atoms with van der Waals surface area (Å²) in [4.78, 5) is 9.05. The summed E-state index contributed by atoms with van der Waals surface area (Å²) in [6, 6.07) is 31.8. The van der Waals surface area contributed by atoms with Crippen LogP contribution in [0.2, 0.25) is 0 Å². The highest BCUT2D eigenvalue weighted by molar-refractivity contribution is 5.86. The number of anilines is 1. The van der Waals surface area contributed by atoms with E-state index in [2.05, 4.69) is 107 Å². The number of rotatable bonds is 6. The molecule has 5 heteroatoms. The van der Waals surface area contributed by atoms with E-state index < -0.39 is 0 Å². The fourth-order valence-corrected chi connectivity index (χ4v) is 5.67. The van der Waals surface area contributed by atoms with Crippen LogP contribution in [0.15, 0.2) is 91.0 Å². The lowest BCUT2D eigenvalue weighted by molar-refractivity contribution is -0.894. The van der Waals surface area contributed by atoms with Crippen molar-refractivity contribution in [1.82, 2.24) is 9.38 Å². The Labute approximate surface area is 223 Å². The molecule has 0 bridgehead atoms. The van der Waals surface area contributed by atoms with Crippen LogP contribution in [-0.2, 0) is 6.42 Å². The molecular weight excluding hydrogens is 466 g/mol. The lowest BCUT2D eigenvalue weighted by atomic mass is 9.97. The third kappa shape index (κ3) is 4.55. The smallest absolute Gasteiger partial charge is 0.157 e. The van der Waals surface area contributed by atoms with E-state index in [1.54, 1.807) is 4.90 Å². The molecule has 0 amide bonds. The SMILES string of the molecule is Cc1c(Cc2ccccc2)c(N2CC[NH+](CC=Cc3ccccc3)CC2)n2c(nc3ccccc32)c1C#N. The van der Waals surface area contributed by atoms with Gasteiger partial charge >= 0.3 is 0 Å². The number of aromatic nitrogens is 2. The first kappa shape index (κ1) is 24.0. The zero-order valence-corrected chi connectivity index (χ0v) is 21.8. The number of imidazole rings is 1. The molecule has 6 rings (SSSR count). The molecule has 5 nitrogen and oxygen atoms in total. The first-order valence-corrected chi connectivity index (χ1v) is 13.4. The number of fused-ring (bicyclic) bond motifs is 3. The van der Waals surface area contributed by atoms with Crippen LogP contribution in [0.1, 0.15) is 27.8 Å². The van der Waals surface area contributed by atoms with E-state index in [0.29, 0.717) is 5.56 Å². The summed E-state index contributed by atoms with van der Waals surface area (Å²) in [6.07, 6.45) is 5.31. The molecule has 2 aromatic heterocycles. The molecule has 3 heterocycles. The van der Waals surface area contributed by atoms with Crippen LogP contribution < -0.4 is 9.80 Å². The number of nitrogens with one attached hydrogen (secondary N) is 1. The van der Waals surface area contributed by atoms with Gasteiger partial charge < -0.3 is 9.80 Å². The highest BCUT2D eigenvalue weighted by atomic mass is 15.3. The molecule has 1 N–H and O–H groups in total. The van der Waals surface area contributed by atoms with Crippen molar-refractivity contribution >= 4 is 28.6 Å². The minimum Gasteiger partial charge on any atom is -0.346 e. The van der Waals surface area contributed by atoms with E-state index in [1.807, 2.05) is 12.1 Å². The van der Waals surface area contributed by atoms with E-state index in [4.69, 9.17) is 4.98 Å². The predicted molar refractivity (Wildman–Crippen MR) is 155 cm³/mol. The average Bonchev–Trinajstić information content (AvgIpc) is 3.34. The van der Waals surface area contributed by atoms with Gasteiger partial charge in [-0.3, -0.25) is 4.40 Å². The van der Waals surface area contributed by atoms with Gasteiger partial charge in [-0.2, -0.15) is 5.26 Å². The molecule has 1 aliphatic rings. The van der Waals surface area contributed by atoms with Crippen LogP contribution >= 0.6 is 0 Å². The topological polar surface area (TPSA) is 48.8 Å². The molecule has 0 atom stereocenters. The number of nitrogens with zero attached hydrogens (tertiary/aromatic N) is 4. The number of hydrogen-bond donors (Lipinski definition) is 1. The lowest BCUT2D eigenvalue weighted by Crippen LogP contribution is -3.14. The minimum absolute atomic E-state index is 0.672. The van der Waals surface area contributed by atoms with Crippen LogP contribution in [0.4, 0.5) is 5.82 Å². The number of nitriles is 1. The molecule has 0 radical (unpaired) electrons. The Hall–Kier alpha value is -4.40. The lowest BCUT2D eigenvalue weighted by Gasteiger charge is -2.35. The van der Waals surface area contributed by atoms with Crippen LogP contribution in [0, 0.1) is 18.3 Å². The maximum atomic E-state index is 10.2. The van der Waals surface area contributed by atoms with Gasteiger partial charge in [-0.15, -0.1) is 0 Å². The number of hydrogen-bond acceptors (Lipinski definition) is 3. The maximum Gasteiger partial charge on any atom is 0.157 e. The standard InChI is InChI=1S/C33H31N5/c1-25-28(23-27-13-6-3-7-14-27)33(38-31-17-9-8-16-30(31)35-32(38)29(25)24-34)37-21-19-36(20-22-37)18-10-15-26-11-4-2-5-12-26/h2-17H,18-23H2,1H3/p+1. The Morgan fingerprint density at radius 1 is 0.921 bits per heavy atom. The van der Waals surface area contributed by atoms with E-state index in [9.17, 15) is 5.26 Å². The second-order valence-electron chi connectivity index (χ2n) is 10.1. The highest BCUT2D eigenvalue weighted by Crippen LogP contribution is 2.34. The van der Waals surface area contributed by atoms with Gasteiger partial charge in [-0.25, -0.2) is 4.98 Å². The zero-order chi connectivity index (χ0) is 25.9. The number of para-hydroxylation sites is 2. The van der Waals surface area contributed by atoms with Gasteiger partial charge in [0.05, 0.1) is 49.3 Å². The number of pyridine rings is 1. The van der Waals surface area contributed by atoms with Gasteiger partial charge in [-0.1, -0.05) is 78.9 Å². The predicted octanol–water partition coefficient (Wildman–Crippen LogP) is 4.68. The van der Waals surface area contributed by atoms with Crippen LogP contribution in [0.5, 0.6) is 0 Å². The molecule has 3 aromatic carbocycles. The minimum atomic E-state index is 0.672. The zero-order valence-electron chi connectivity index (χ0n) is 21.8. The van der Waals surface area contributed by atoms with Crippen LogP contribution in [-0.4, -0.2) is 42.1 Å². The number of piperazine rings is 1. The molecule has 5 aromatic rings. The molecule has 0 aliphatic carbocycles. The second kappa shape index (κ2) is 10.5. The van der Waals surface area contributed by atoms with Crippen molar-refractivity contribution in [3.05, 3.63) is 119 Å². The van der Waals surface area contributed by atoms with Crippen molar-refractivity contribution in [1.29, 1.82) is 5.26 Å².